The first kappa shape index (κ1) is 20.5. The quantitative estimate of drug-likeness (QED) is 0.639. The predicted molar refractivity (Wildman–Crippen MR) is 98.2 cm³/mol. The van der Waals surface area contributed by atoms with Gasteiger partial charge >= 0.3 is 11.9 Å². The highest BCUT2D eigenvalue weighted by Gasteiger charge is 2.30. The Morgan fingerprint density at radius 1 is 1.03 bits per heavy atom. The van der Waals surface area contributed by atoms with Gasteiger partial charge in [0.1, 0.15) is 18.5 Å². The second-order valence-corrected chi connectivity index (χ2v) is 6.59. The van der Waals surface area contributed by atoms with Crippen LogP contribution in [0.1, 0.15) is 12.5 Å². The van der Waals surface area contributed by atoms with Crippen LogP contribution in [0.5, 0.6) is 11.8 Å². The van der Waals surface area contributed by atoms with Crippen molar-refractivity contribution in [3.05, 3.63) is 50.7 Å². The standard InChI is InChI=1S/C18H19F3N4O4/c1-10(9-28-12-7-5-11(6-8-12)18(19,20)21)29-16-22-14-13(23(16)2)15(26)25(4)17(27)24(14)3/h5-8,10H,9H2,1-4H3. The van der Waals surface area contributed by atoms with Gasteiger partial charge < -0.3 is 9.47 Å². The van der Waals surface area contributed by atoms with E-state index < -0.39 is 29.1 Å². The van der Waals surface area contributed by atoms with E-state index in [2.05, 4.69) is 4.98 Å². The maximum absolute atomic E-state index is 12.6. The molecule has 0 fully saturated rings. The topological polar surface area (TPSA) is 80.3 Å². The van der Waals surface area contributed by atoms with Gasteiger partial charge in [-0.05, 0) is 31.2 Å². The number of aryl methyl sites for hydroxylation is 2. The van der Waals surface area contributed by atoms with E-state index >= 15 is 0 Å². The maximum atomic E-state index is 12.6. The first-order valence-electron chi connectivity index (χ1n) is 8.60. The van der Waals surface area contributed by atoms with Crippen molar-refractivity contribution in [1.29, 1.82) is 0 Å². The maximum Gasteiger partial charge on any atom is 0.416 e. The summed E-state index contributed by atoms with van der Waals surface area (Å²) >= 11 is 0. The summed E-state index contributed by atoms with van der Waals surface area (Å²) in [6.07, 6.45) is -4.94. The fourth-order valence-electron chi connectivity index (χ4n) is 2.77. The number of hydrogen-bond donors (Lipinski definition) is 0. The summed E-state index contributed by atoms with van der Waals surface area (Å²) in [4.78, 5) is 28.6. The van der Waals surface area contributed by atoms with Crippen LogP contribution in [0, 0.1) is 0 Å². The number of alkyl halides is 3. The largest absolute Gasteiger partial charge is 0.490 e. The van der Waals surface area contributed by atoms with Gasteiger partial charge in [-0.15, -0.1) is 0 Å². The summed E-state index contributed by atoms with van der Waals surface area (Å²) in [6.45, 7) is 1.71. The lowest BCUT2D eigenvalue weighted by molar-refractivity contribution is -0.137. The van der Waals surface area contributed by atoms with Crippen molar-refractivity contribution < 1.29 is 22.6 Å². The second-order valence-electron chi connectivity index (χ2n) is 6.59. The summed E-state index contributed by atoms with van der Waals surface area (Å²) in [5.41, 5.74) is -1.37. The third-order valence-corrected chi connectivity index (χ3v) is 4.41. The average molecular weight is 412 g/mol. The molecular weight excluding hydrogens is 393 g/mol. The fraction of sp³-hybridized carbons (Fsp3) is 0.389. The Morgan fingerprint density at radius 3 is 2.24 bits per heavy atom. The average Bonchev–Trinajstić information content (AvgIpc) is 2.99. The molecule has 1 unspecified atom stereocenters. The summed E-state index contributed by atoms with van der Waals surface area (Å²) in [7, 11) is 4.45. The van der Waals surface area contributed by atoms with E-state index in [1.165, 1.54) is 35.4 Å². The molecule has 0 aliphatic rings. The molecule has 0 amide bonds. The first-order valence-corrected chi connectivity index (χ1v) is 8.60. The molecule has 2 aromatic heterocycles. The van der Waals surface area contributed by atoms with Crippen LogP contribution in [-0.4, -0.2) is 31.4 Å². The zero-order valence-corrected chi connectivity index (χ0v) is 16.1. The van der Waals surface area contributed by atoms with Crippen LogP contribution in [0.15, 0.2) is 33.9 Å². The van der Waals surface area contributed by atoms with Gasteiger partial charge in [-0.3, -0.25) is 18.5 Å². The molecule has 0 spiro atoms. The monoisotopic (exact) mass is 412 g/mol. The van der Waals surface area contributed by atoms with Gasteiger partial charge in [-0.2, -0.15) is 18.2 Å². The zero-order chi connectivity index (χ0) is 21.5. The van der Waals surface area contributed by atoms with Gasteiger partial charge in [0.15, 0.2) is 11.2 Å². The minimum Gasteiger partial charge on any atom is -0.490 e. The Morgan fingerprint density at radius 2 is 1.66 bits per heavy atom. The van der Waals surface area contributed by atoms with E-state index in [0.29, 0.717) is 0 Å². The van der Waals surface area contributed by atoms with Crippen molar-refractivity contribution in [2.24, 2.45) is 21.1 Å². The molecule has 0 radical (unpaired) electrons. The second kappa shape index (κ2) is 7.30. The van der Waals surface area contributed by atoms with Crippen molar-refractivity contribution in [1.82, 2.24) is 18.7 Å². The number of fused-ring (bicyclic) bond motifs is 1. The molecule has 8 nitrogen and oxygen atoms in total. The number of rotatable bonds is 5. The van der Waals surface area contributed by atoms with E-state index in [1.54, 1.807) is 14.0 Å². The van der Waals surface area contributed by atoms with E-state index in [9.17, 15) is 22.8 Å². The molecule has 11 heteroatoms. The molecule has 0 N–H and O–H groups in total. The number of halogens is 3. The highest BCUT2D eigenvalue weighted by Crippen LogP contribution is 2.30. The highest BCUT2D eigenvalue weighted by molar-refractivity contribution is 5.71. The van der Waals surface area contributed by atoms with Crippen molar-refractivity contribution >= 4 is 11.2 Å². The number of ether oxygens (including phenoxy) is 2. The molecule has 3 aromatic rings. The van der Waals surface area contributed by atoms with Gasteiger partial charge in [0, 0.05) is 21.1 Å². The molecule has 1 aromatic carbocycles. The third kappa shape index (κ3) is 3.84. The number of benzene rings is 1. The van der Waals surface area contributed by atoms with Crippen LogP contribution < -0.4 is 20.7 Å². The summed E-state index contributed by atoms with van der Waals surface area (Å²) < 4.78 is 52.6. The Balaban J connectivity index is 1.75. The molecule has 3 rings (SSSR count). The number of aromatic nitrogens is 4. The molecule has 0 saturated heterocycles. The molecule has 1 atom stereocenters. The number of nitrogens with zero attached hydrogens (tertiary/aromatic N) is 4. The van der Waals surface area contributed by atoms with Gasteiger partial charge in [-0.25, -0.2) is 4.79 Å². The Bertz CT molecular complexity index is 1160. The molecular formula is C18H19F3N4O4. The summed E-state index contributed by atoms with van der Waals surface area (Å²) in [6, 6.07) is 4.43. The summed E-state index contributed by atoms with van der Waals surface area (Å²) in [5, 5.41) is 0. The molecule has 29 heavy (non-hydrogen) atoms. The minimum atomic E-state index is -4.41. The zero-order valence-electron chi connectivity index (χ0n) is 16.1. The van der Waals surface area contributed by atoms with Crippen LogP contribution in [0.25, 0.3) is 11.2 Å². The molecule has 0 aliphatic heterocycles. The SMILES string of the molecule is CC(COc1ccc(C(F)(F)F)cc1)Oc1nc2c(c(=O)n(C)c(=O)n2C)n1C. The van der Waals surface area contributed by atoms with Crippen LogP contribution in [0.3, 0.4) is 0 Å². The smallest absolute Gasteiger partial charge is 0.416 e. The van der Waals surface area contributed by atoms with Crippen molar-refractivity contribution in [3.63, 3.8) is 0 Å². The van der Waals surface area contributed by atoms with E-state index in [-0.39, 0.29) is 29.5 Å². The Kier molecular flexibility index (Phi) is 5.16. The van der Waals surface area contributed by atoms with Crippen LogP contribution >= 0.6 is 0 Å². The molecule has 2 heterocycles. The van der Waals surface area contributed by atoms with Crippen molar-refractivity contribution in [3.8, 4) is 11.8 Å². The predicted octanol–water partition coefficient (Wildman–Crippen LogP) is 1.84. The van der Waals surface area contributed by atoms with Crippen LogP contribution in [0.2, 0.25) is 0 Å². The lowest BCUT2D eigenvalue weighted by Crippen LogP contribution is -2.37. The normalized spacial score (nSPS) is 12.9. The number of imidazole rings is 1. The van der Waals surface area contributed by atoms with Gasteiger partial charge in [0.2, 0.25) is 0 Å². The van der Waals surface area contributed by atoms with Crippen molar-refractivity contribution in [2.75, 3.05) is 6.61 Å². The van der Waals surface area contributed by atoms with Crippen molar-refractivity contribution in [2.45, 2.75) is 19.2 Å². The Labute approximate surface area is 162 Å². The molecule has 156 valence electrons. The Hall–Kier alpha value is -3.24. The summed E-state index contributed by atoms with van der Waals surface area (Å²) in [5.74, 6) is 0.259. The highest BCUT2D eigenvalue weighted by atomic mass is 19.4. The fourth-order valence-corrected chi connectivity index (χ4v) is 2.77. The minimum absolute atomic E-state index is 0.0332. The number of hydrogen-bond acceptors (Lipinski definition) is 5. The van der Waals surface area contributed by atoms with E-state index in [0.717, 1.165) is 16.7 Å². The van der Waals surface area contributed by atoms with E-state index in [1.807, 2.05) is 0 Å². The van der Waals surface area contributed by atoms with Crippen LogP contribution in [-0.2, 0) is 27.3 Å². The lowest BCUT2D eigenvalue weighted by Gasteiger charge is -2.15. The molecule has 0 saturated carbocycles. The third-order valence-electron chi connectivity index (χ3n) is 4.41. The van der Waals surface area contributed by atoms with Gasteiger partial charge in [0.05, 0.1) is 5.56 Å². The van der Waals surface area contributed by atoms with Gasteiger partial charge in [0.25, 0.3) is 11.6 Å². The molecule has 0 aliphatic carbocycles. The molecule has 0 bridgehead atoms. The van der Waals surface area contributed by atoms with Crippen LogP contribution in [0.4, 0.5) is 13.2 Å². The lowest BCUT2D eigenvalue weighted by atomic mass is 10.2. The van der Waals surface area contributed by atoms with E-state index in [4.69, 9.17) is 9.47 Å². The van der Waals surface area contributed by atoms with Gasteiger partial charge in [-0.1, -0.05) is 0 Å². The first-order chi connectivity index (χ1) is 13.5.